The van der Waals surface area contributed by atoms with Crippen LogP contribution in [-0.4, -0.2) is 52.0 Å². The number of fused-ring (bicyclic) bond motifs is 1. The van der Waals surface area contributed by atoms with E-state index in [1.54, 1.807) is 23.2 Å². The van der Waals surface area contributed by atoms with Gasteiger partial charge in [0.15, 0.2) is 11.5 Å². The molecule has 1 amide bonds. The minimum atomic E-state index is -0.0978. The Morgan fingerprint density at radius 3 is 2.97 bits per heavy atom. The van der Waals surface area contributed by atoms with Crippen molar-refractivity contribution in [3.05, 3.63) is 52.8 Å². The molecular weight excluding hydrogens is 440 g/mol. The molecule has 0 saturated carbocycles. The molecule has 1 N–H and O–H groups in total. The van der Waals surface area contributed by atoms with E-state index >= 15 is 0 Å². The van der Waals surface area contributed by atoms with E-state index in [4.69, 9.17) is 14.2 Å². The number of likely N-dealkylation sites (tertiary alicyclic amines) is 1. The number of hydrogen-bond acceptors (Lipinski definition) is 6. The summed E-state index contributed by atoms with van der Waals surface area (Å²) in [6.07, 6.45) is 2.37. The highest BCUT2D eigenvalue weighted by atomic mass is 79.9. The maximum atomic E-state index is 12.9. The number of ether oxygens (including phenoxy) is 3. The van der Waals surface area contributed by atoms with Crippen molar-refractivity contribution >= 4 is 21.8 Å². The first-order chi connectivity index (χ1) is 14.2. The van der Waals surface area contributed by atoms with Gasteiger partial charge in [0.05, 0.1) is 12.2 Å². The zero-order valence-electron chi connectivity index (χ0n) is 15.3. The highest BCUT2D eigenvalue weighted by Crippen LogP contribution is 2.35. The molecule has 0 spiro atoms. The molecule has 1 aromatic carbocycles. The monoisotopic (exact) mass is 456 g/mol. The fourth-order valence-corrected chi connectivity index (χ4v) is 3.65. The summed E-state index contributed by atoms with van der Waals surface area (Å²) in [5, 5.41) is 7.13. The lowest BCUT2D eigenvalue weighted by Gasteiger charge is -2.16. The molecular formula is C20H17BrN4O4. The largest absolute Gasteiger partial charge is 0.472 e. The number of nitrogens with zero attached hydrogens (tertiary/aromatic N) is 3. The van der Waals surface area contributed by atoms with Crippen molar-refractivity contribution in [3.63, 3.8) is 0 Å². The van der Waals surface area contributed by atoms with Crippen LogP contribution in [0.15, 0.2) is 47.1 Å². The summed E-state index contributed by atoms with van der Waals surface area (Å²) in [5.41, 5.74) is 1.98. The molecule has 3 aromatic rings. The van der Waals surface area contributed by atoms with Crippen molar-refractivity contribution in [2.24, 2.45) is 0 Å². The molecule has 1 saturated heterocycles. The van der Waals surface area contributed by atoms with Crippen molar-refractivity contribution in [1.29, 1.82) is 0 Å². The van der Waals surface area contributed by atoms with E-state index < -0.39 is 0 Å². The van der Waals surface area contributed by atoms with Crippen molar-refractivity contribution in [1.82, 2.24) is 20.1 Å². The Morgan fingerprint density at radius 2 is 2.10 bits per heavy atom. The standard InChI is InChI=1S/C20H17BrN4O4/c21-13-2-4-19(22-9-13)29-14-5-6-25(10-14)20(26)16-8-15(23-24-16)12-1-3-17-18(7-12)28-11-27-17/h1-4,7-9,14H,5-6,10-11H2,(H,23,24). The number of halogens is 1. The third-order valence-corrected chi connectivity index (χ3v) is 5.37. The number of H-pyrrole nitrogens is 1. The molecule has 29 heavy (non-hydrogen) atoms. The van der Waals surface area contributed by atoms with Crippen molar-refractivity contribution in [2.45, 2.75) is 12.5 Å². The molecule has 2 aliphatic rings. The second-order valence-corrected chi connectivity index (χ2v) is 7.74. The number of amides is 1. The quantitative estimate of drug-likeness (QED) is 0.647. The van der Waals surface area contributed by atoms with Gasteiger partial charge in [-0.1, -0.05) is 0 Å². The second kappa shape index (κ2) is 7.40. The van der Waals surface area contributed by atoms with Gasteiger partial charge in [0.25, 0.3) is 5.91 Å². The van der Waals surface area contributed by atoms with Crippen molar-refractivity contribution in [2.75, 3.05) is 19.9 Å². The Kier molecular flexibility index (Phi) is 4.59. The summed E-state index contributed by atoms with van der Waals surface area (Å²) < 4.78 is 17.5. The Morgan fingerprint density at radius 1 is 1.21 bits per heavy atom. The van der Waals surface area contributed by atoms with Gasteiger partial charge in [-0.2, -0.15) is 5.10 Å². The Bertz CT molecular complexity index is 1050. The number of pyridine rings is 1. The van der Waals surface area contributed by atoms with Crippen LogP contribution in [0.4, 0.5) is 0 Å². The fraction of sp³-hybridized carbons (Fsp3) is 0.250. The van der Waals surface area contributed by atoms with Gasteiger partial charge in [0.1, 0.15) is 11.8 Å². The predicted octanol–water partition coefficient (Wildman–Crippen LogP) is 3.26. The number of benzene rings is 1. The maximum Gasteiger partial charge on any atom is 0.272 e. The molecule has 1 atom stereocenters. The normalized spacial score (nSPS) is 17.6. The maximum absolute atomic E-state index is 12.9. The number of aromatic amines is 1. The number of rotatable bonds is 4. The van der Waals surface area contributed by atoms with E-state index in [0.29, 0.717) is 41.9 Å². The first kappa shape index (κ1) is 18.0. The third kappa shape index (κ3) is 3.65. The Balaban J connectivity index is 1.25. The topological polar surface area (TPSA) is 89.6 Å². The fourth-order valence-electron chi connectivity index (χ4n) is 3.42. The summed E-state index contributed by atoms with van der Waals surface area (Å²) in [6, 6.07) is 11.0. The highest BCUT2D eigenvalue weighted by molar-refractivity contribution is 9.10. The predicted molar refractivity (Wildman–Crippen MR) is 107 cm³/mol. The minimum Gasteiger partial charge on any atom is -0.472 e. The molecule has 0 radical (unpaired) electrons. The summed E-state index contributed by atoms with van der Waals surface area (Å²) in [5.74, 6) is 1.85. The van der Waals surface area contributed by atoms with Crippen LogP contribution in [0.25, 0.3) is 11.3 Å². The van der Waals surface area contributed by atoms with E-state index in [1.807, 2.05) is 24.3 Å². The SMILES string of the molecule is O=C(c1cc(-c2ccc3c(c2)OCO3)n[nH]1)N1CCC(Oc2ccc(Br)cn2)C1. The summed E-state index contributed by atoms with van der Waals surface area (Å²) in [7, 11) is 0. The van der Waals surface area contributed by atoms with Crippen LogP contribution in [0.5, 0.6) is 17.4 Å². The highest BCUT2D eigenvalue weighted by Gasteiger charge is 2.29. The first-order valence-electron chi connectivity index (χ1n) is 9.18. The average molecular weight is 457 g/mol. The van der Waals surface area contributed by atoms with E-state index in [2.05, 4.69) is 31.1 Å². The van der Waals surface area contributed by atoms with Crippen LogP contribution >= 0.6 is 15.9 Å². The Labute approximate surface area is 174 Å². The van der Waals surface area contributed by atoms with Gasteiger partial charge in [-0.3, -0.25) is 9.89 Å². The lowest BCUT2D eigenvalue weighted by Crippen LogP contribution is -2.31. The van der Waals surface area contributed by atoms with E-state index in [1.165, 1.54) is 0 Å². The van der Waals surface area contributed by atoms with Crippen LogP contribution in [0.2, 0.25) is 0 Å². The molecule has 4 heterocycles. The van der Waals surface area contributed by atoms with E-state index in [9.17, 15) is 4.79 Å². The van der Waals surface area contributed by atoms with E-state index in [-0.39, 0.29) is 18.8 Å². The first-order valence-corrected chi connectivity index (χ1v) is 9.98. The second-order valence-electron chi connectivity index (χ2n) is 6.83. The molecule has 0 bridgehead atoms. The molecule has 2 aliphatic heterocycles. The number of aromatic nitrogens is 3. The van der Waals surface area contributed by atoms with Crippen LogP contribution in [0.3, 0.4) is 0 Å². The number of carbonyl (C=O) groups excluding carboxylic acids is 1. The molecule has 0 aliphatic carbocycles. The van der Waals surface area contributed by atoms with Gasteiger partial charge >= 0.3 is 0 Å². The van der Waals surface area contributed by atoms with Crippen LogP contribution < -0.4 is 14.2 Å². The molecule has 2 aromatic heterocycles. The summed E-state index contributed by atoms with van der Waals surface area (Å²) in [6.45, 7) is 1.35. The lowest BCUT2D eigenvalue weighted by atomic mass is 10.1. The van der Waals surface area contributed by atoms with E-state index in [0.717, 1.165) is 16.5 Å². The molecule has 1 fully saturated rings. The summed E-state index contributed by atoms with van der Waals surface area (Å²) >= 11 is 3.35. The molecule has 1 unspecified atom stereocenters. The average Bonchev–Trinajstić information content (AvgIpc) is 3.49. The van der Waals surface area contributed by atoms with Crippen LogP contribution in [0, 0.1) is 0 Å². The molecule has 8 nitrogen and oxygen atoms in total. The van der Waals surface area contributed by atoms with Crippen LogP contribution in [0.1, 0.15) is 16.9 Å². The molecule has 5 rings (SSSR count). The van der Waals surface area contributed by atoms with Crippen LogP contribution in [-0.2, 0) is 0 Å². The van der Waals surface area contributed by atoms with Gasteiger partial charge < -0.3 is 19.1 Å². The number of carbonyl (C=O) groups is 1. The van der Waals surface area contributed by atoms with Gasteiger partial charge in [-0.25, -0.2) is 4.98 Å². The zero-order chi connectivity index (χ0) is 19.8. The Hall–Kier alpha value is -3.07. The van der Waals surface area contributed by atoms with Gasteiger partial charge in [0, 0.05) is 35.3 Å². The van der Waals surface area contributed by atoms with Crippen molar-refractivity contribution in [3.8, 4) is 28.6 Å². The number of hydrogen-bond donors (Lipinski definition) is 1. The summed E-state index contributed by atoms with van der Waals surface area (Å²) in [4.78, 5) is 18.8. The molecule has 148 valence electrons. The minimum absolute atomic E-state index is 0.0797. The third-order valence-electron chi connectivity index (χ3n) is 4.90. The smallest absolute Gasteiger partial charge is 0.272 e. The molecule has 9 heteroatoms. The lowest BCUT2D eigenvalue weighted by molar-refractivity contribution is 0.0765. The number of nitrogens with one attached hydrogen (secondary N) is 1. The van der Waals surface area contributed by atoms with Gasteiger partial charge in [0.2, 0.25) is 12.7 Å². The van der Waals surface area contributed by atoms with Crippen molar-refractivity contribution < 1.29 is 19.0 Å². The zero-order valence-corrected chi connectivity index (χ0v) is 16.9. The van der Waals surface area contributed by atoms with Gasteiger partial charge in [-0.05, 0) is 46.3 Å². The van der Waals surface area contributed by atoms with Gasteiger partial charge in [-0.15, -0.1) is 0 Å².